The van der Waals surface area contributed by atoms with E-state index in [-0.39, 0.29) is 0 Å². The zero-order chi connectivity index (χ0) is 11.7. The van der Waals surface area contributed by atoms with Crippen LogP contribution in [0.25, 0.3) is 0 Å². The summed E-state index contributed by atoms with van der Waals surface area (Å²) < 4.78 is 5.40. The summed E-state index contributed by atoms with van der Waals surface area (Å²) in [6.45, 7) is 4.41. The zero-order valence-corrected chi connectivity index (χ0v) is 11.4. The van der Waals surface area contributed by atoms with Crippen molar-refractivity contribution in [2.75, 3.05) is 13.2 Å². The first-order valence-electron chi connectivity index (χ1n) is 7.89. The molecule has 3 atom stereocenters. The second-order valence-corrected chi connectivity index (χ2v) is 7.03. The summed E-state index contributed by atoms with van der Waals surface area (Å²) in [4.78, 5) is 0. The Morgan fingerprint density at radius 1 is 1.12 bits per heavy atom. The molecule has 3 aliphatic rings. The van der Waals surface area contributed by atoms with E-state index < -0.39 is 0 Å². The standard InChI is InChI=1S/C16H28O/c1-2-16(11-17-12-16)8-4-3-5-14-9-13-6-7-15(14)10-13/h13-15H,2-12H2,1H3. The predicted molar refractivity (Wildman–Crippen MR) is 70.9 cm³/mol. The molecule has 1 saturated heterocycles. The summed E-state index contributed by atoms with van der Waals surface area (Å²) in [6.07, 6.45) is 13.5. The van der Waals surface area contributed by atoms with E-state index in [0.29, 0.717) is 5.41 Å². The molecule has 0 N–H and O–H groups in total. The first kappa shape index (κ1) is 12.0. The second-order valence-electron chi connectivity index (χ2n) is 7.03. The van der Waals surface area contributed by atoms with Gasteiger partial charge < -0.3 is 4.74 Å². The molecule has 1 aliphatic heterocycles. The quantitative estimate of drug-likeness (QED) is 0.621. The molecule has 1 heterocycles. The van der Waals surface area contributed by atoms with Gasteiger partial charge in [0.25, 0.3) is 0 Å². The van der Waals surface area contributed by atoms with Crippen LogP contribution in [0.4, 0.5) is 0 Å². The number of hydrogen-bond donors (Lipinski definition) is 0. The lowest BCUT2D eigenvalue weighted by Crippen LogP contribution is -2.41. The summed E-state index contributed by atoms with van der Waals surface area (Å²) in [6, 6.07) is 0. The maximum atomic E-state index is 5.40. The Hall–Kier alpha value is -0.0400. The van der Waals surface area contributed by atoms with E-state index in [1.807, 2.05) is 0 Å². The molecule has 0 radical (unpaired) electrons. The van der Waals surface area contributed by atoms with Crippen LogP contribution in [0, 0.1) is 23.2 Å². The van der Waals surface area contributed by atoms with Gasteiger partial charge in [-0.1, -0.05) is 32.6 Å². The summed E-state index contributed by atoms with van der Waals surface area (Å²) in [7, 11) is 0. The van der Waals surface area contributed by atoms with Gasteiger partial charge in [0.2, 0.25) is 0 Å². The Labute approximate surface area is 106 Å². The van der Waals surface area contributed by atoms with Crippen molar-refractivity contribution < 1.29 is 4.74 Å². The fraction of sp³-hybridized carbons (Fsp3) is 1.00. The van der Waals surface area contributed by atoms with E-state index in [9.17, 15) is 0 Å². The molecule has 3 rings (SSSR count). The molecule has 1 nitrogen and oxygen atoms in total. The molecular weight excluding hydrogens is 208 g/mol. The van der Waals surface area contributed by atoms with Crippen molar-refractivity contribution >= 4 is 0 Å². The number of unbranched alkanes of at least 4 members (excludes halogenated alkanes) is 1. The van der Waals surface area contributed by atoms with Crippen molar-refractivity contribution in [3.05, 3.63) is 0 Å². The number of fused-ring (bicyclic) bond motifs is 2. The van der Waals surface area contributed by atoms with Crippen LogP contribution >= 0.6 is 0 Å². The first-order valence-corrected chi connectivity index (χ1v) is 7.89. The van der Waals surface area contributed by atoms with Crippen LogP contribution in [0.15, 0.2) is 0 Å². The highest BCUT2D eigenvalue weighted by Crippen LogP contribution is 2.50. The van der Waals surface area contributed by atoms with Crippen LogP contribution in [-0.2, 0) is 4.74 Å². The lowest BCUT2D eigenvalue weighted by molar-refractivity contribution is -0.120. The Morgan fingerprint density at radius 2 is 2.00 bits per heavy atom. The van der Waals surface area contributed by atoms with E-state index in [1.54, 1.807) is 25.7 Å². The molecule has 98 valence electrons. The zero-order valence-electron chi connectivity index (χ0n) is 11.4. The average Bonchev–Trinajstić information content (AvgIpc) is 2.89. The van der Waals surface area contributed by atoms with Gasteiger partial charge in [-0.3, -0.25) is 0 Å². The molecule has 0 spiro atoms. The third kappa shape index (κ3) is 2.41. The Morgan fingerprint density at radius 3 is 2.53 bits per heavy atom. The highest BCUT2D eigenvalue weighted by atomic mass is 16.5. The normalized spacial score (nSPS) is 38.3. The molecule has 1 heteroatoms. The minimum Gasteiger partial charge on any atom is -0.380 e. The van der Waals surface area contributed by atoms with Gasteiger partial charge in [0.15, 0.2) is 0 Å². The molecule has 2 saturated carbocycles. The van der Waals surface area contributed by atoms with E-state index in [2.05, 4.69) is 6.92 Å². The van der Waals surface area contributed by atoms with Crippen molar-refractivity contribution in [1.29, 1.82) is 0 Å². The van der Waals surface area contributed by atoms with E-state index >= 15 is 0 Å². The third-order valence-electron chi connectivity index (χ3n) is 5.98. The van der Waals surface area contributed by atoms with Gasteiger partial charge in [-0.2, -0.15) is 0 Å². The molecule has 3 unspecified atom stereocenters. The van der Waals surface area contributed by atoms with Crippen molar-refractivity contribution in [3.8, 4) is 0 Å². The summed E-state index contributed by atoms with van der Waals surface area (Å²) in [5, 5.41) is 0. The molecule has 0 amide bonds. The highest BCUT2D eigenvalue weighted by molar-refractivity contribution is 4.90. The number of rotatable bonds is 6. The summed E-state index contributed by atoms with van der Waals surface area (Å²) in [5.74, 6) is 3.38. The predicted octanol–water partition coefficient (Wildman–Crippen LogP) is 4.41. The van der Waals surface area contributed by atoms with Gasteiger partial charge in [0, 0.05) is 5.41 Å². The third-order valence-corrected chi connectivity index (χ3v) is 5.98. The molecule has 0 aromatic carbocycles. The maximum Gasteiger partial charge on any atom is 0.0544 e. The van der Waals surface area contributed by atoms with Crippen LogP contribution in [0.2, 0.25) is 0 Å². The van der Waals surface area contributed by atoms with Crippen molar-refractivity contribution in [1.82, 2.24) is 0 Å². The SMILES string of the molecule is CCC1(CCCCC2CC3CCC2C3)COC1. The maximum absolute atomic E-state index is 5.40. The fourth-order valence-corrected chi connectivity index (χ4v) is 4.55. The lowest BCUT2D eigenvalue weighted by atomic mass is 9.77. The van der Waals surface area contributed by atoms with Crippen LogP contribution in [0.1, 0.15) is 64.7 Å². The van der Waals surface area contributed by atoms with E-state index in [4.69, 9.17) is 4.74 Å². The van der Waals surface area contributed by atoms with Crippen molar-refractivity contribution in [2.45, 2.75) is 64.7 Å². The first-order chi connectivity index (χ1) is 8.31. The molecule has 0 aromatic rings. The lowest BCUT2D eigenvalue weighted by Gasteiger charge is -2.41. The van der Waals surface area contributed by atoms with Crippen LogP contribution in [-0.4, -0.2) is 13.2 Å². The number of ether oxygens (including phenoxy) is 1. The summed E-state index contributed by atoms with van der Waals surface area (Å²) in [5.41, 5.74) is 0.592. The largest absolute Gasteiger partial charge is 0.380 e. The van der Waals surface area contributed by atoms with Gasteiger partial charge in [0.1, 0.15) is 0 Å². The smallest absolute Gasteiger partial charge is 0.0544 e. The Bertz CT molecular complexity index is 251. The van der Waals surface area contributed by atoms with Crippen LogP contribution in [0.5, 0.6) is 0 Å². The molecule has 0 aromatic heterocycles. The second kappa shape index (κ2) is 4.91. The number of hydrogen-bond acceptors (Lipinski definition) is 1. The van der Waals surface area contributed by atoms with E-state index in [1.165, 1.54) is 32.1 Å². The van der Waals surface area contributed by atoms with Gasteiger partial charge in [0.05, 0.1) is 13.2 Å². The van der Waals surface area contributed by atoms with E-state index in [0.717, 1.165) is 31.0 Å². The molecule has 3 fully saturated rings. The topological polar surface area (TPSA) is 9.23 Å². The van der Waals surface area contributed by atoms with Crippen molar-refractivity contribution in [2.24, 2.45) is 23.2 Å². The monoisotopic (exact) mass is 236 g/mol. The minimum absolute atomic E-state index is 0.592. The minimum atomic E-state index is 0.592. The van der Waals surface area contributed by atoms with Gasteiger partial charge >= 0.3 is 0 Å². The Balaban J connectivity index is 1.33. The Kier molecular flexibility index (Phi) is 3.47. The van der Waals surface area contributed by atoms with Gasteiger partial charge in [-0.15, -0.1) is 0 Å². The molecule has 2 bridgehead atoms. The van der Waals surface area contributed by atoms with Crippen LogP contribution in [0.3, 0.4) is 0 Å². The molecule has 17 heavy (non-hydrogen) atoms. The van der Waals surface area contributed by atoms with Crippen LogP contribution < -0.4 is 0 Å². The molecule has 2 aliphatic carbocycles. The average molecular weight is 236 g/mol. The van der Waals surface area contributed by atoms with Gasteiger partial charge in [-0.05, 0) is 49.9 Å². The van der Waals surface area contributed by atoms with Gasteiger partial charge in [-0.25, -0.2) is 0 Å². The van der Waals surface area contributed by atoms with Crippen molar-refractivity contribution in [3.63, 3.8) is 0 Å². The summed E-state index contributed by atoms with van der Waals surface area (Å²) >= 11 is 0. The highest BCUT2D eigenvalue weighted by Gasteiger charge is 2.39. The fourth-order valence-electron chi connectivity index (χ4n) is 4.55. The molecular formula is C16H28O.